The van der Waals surface area contributed by atoms with Gasteiger partial charge in [0.2, 0.25) is 5.82 Å². The highest BCUT2D eigenvalue weighted by Crippen LogP contribution is 2.28. The highest BCUT2D eigenvalue weighted by atomic mass is 32.1. The summed E-state index contributed by atoms with van der Waals surface area (Å²) in [7, 11) is 0. The Kier molecular flexibility index (Phi) is 4.11. The van der Waals surface area contributed by atoms with E-state index in [-0.39, 0.29) is 16.0 Å². The van der Waals surface area contributed by atoms with Crippen LogP contribution in [0, 0.1) is 23.3 Å². The van der Waals surface area contributed by atoms with Gasteiger partial charge >= 0.3 is 6.01 Å². The van der Waals surface area contributed by atoms with Gasteiger partial charge in [-0.1, -0.05) is 0 Å². The van der Waals surface area contributed by atoms with Gasteiger partial charge in [0.15, 0.2) is 21.9 Å². The van der Waals surface area contributed by atoms with Crippen molar-refractivity contribution in [2.75, 3.05) is 0 Å². The fourth-order valence-corrected chi connectivity index (χ4v) is 3.03. The Hall–Kier alpha value is -3.27. The molecule has 0 atom stereocenters. The average Bonchev–Trinajstić information content (AvgIpc) is 3.09. The van der Waals surface area contributed by atoms with Crippen molar-refractivity contribution in [1.29, 1.82) is 0 Å². The van der Waals surface area contributed by atoms with Crippen molar-refractivity contribution < 1.29 is 22.3 Å². The van der Waals surface area contributed by atoms with Crippen LogP contribution in [0.2, 0.25) is 0 Å². The van der Waals surface area contributed by atoms with Crippen molar-refractivity contribution in [3.63, 3.8) is 0 Å². The van der Waals surface area contributed by atoms with Crippen LogP contribution >= 0.6 is 11.3 Å². The molecule has 2 aromatic carbocycles. The maximum atomic E-state index is 14.0. The van der Waals surface area contributed by atoms with Gasteiger partial charge < -0.3 is 4.74 Å². The molecule has 0 fully saturated rings. The first kappa shape index (κ1) is 17.2. The van der Waals surface area contributed by atoms with Gasteiger partial charge in [-0.25, -0.2) is 22.7 Å². The highest BCUT2D eigenvalue weighted by molar-refractivity contribution is 7.16. The molecule has 2 aromatic heterocycles. The van der Waals surface area contributed by atoms with Crippen LogP contribution in [-0.4, -0.2) is 14.5 Å². The van der Waals surface area contributed by atoms with E-state index < -0.39 is 40.6 Å². The minimum absolute atomic E-state index is 0.0163. The number of hydrogen-bond acceptors (Lipinski definition) is 5. The number of hydrogen-bond donors (Lipinski definition) is 0. The van der Waals surface area contributed by atoms with Crippen LogP contribution in [0.3, 0.4) is 0 Å². The Balaban J connectivity index is 1.95. The second-order valence-corrected chi connectivity index (χ2v) is 6.15. The van der Waals surface area contributed by atoms with E-state index in [1.807, 2.05) is 0 Å². The van der Waals surface area contributed by atoms with Crippen molar-refractivity contribution in [2.24, 2.45) is 0 Å². The monoisotopic (exact) mass is 393 g/mol. The molecule has 0 aliphatic carbocycles. The molecule has 0 N–H and O–H groups in total. The van der Waals surface area contributed by atoms with E-state index >= 15 is 0 Å². The van der Waals surface area contributed by atoms with E-state index in [0.717, 1.165) is 28.0 Å². The minimum atomic E-state index is -1.46. The van der Waals surface area contributed by atoms with Gasteiger partial charge in [0.1, 0.15) is 11.6 Å². The molecule has 0 amide bonds. The Labute approximate surface area is 152 Å². The summed E-state index contributed by atoms with van der Waals surface area (Å²) in [4.78, 5) is 20.9. The number of thiazole rings is 1. The molecule has 0 aliphatic heterocycles. The summed E-state index contributed by atoms with van der Waals surface area (Å²) in [5.74, 6) is -5.31. The van der Waals surface area contributed by atoms with Gasteiger partial charge in [-0.05, 0) is 24.3 Å². The van der Waals surface area contributed by atoms with Crippen molar-refractivity contribution in [2.45, 2.75) is 0 Å². The first-order valence-electron chi connectivity index (χ1n) is 7.38. The van der Waals surface area contributed by atoms with Crippen LogP contribution in [0.5, 0.6) is 11.8 Å². The number of aromatic nitrogens is 3. The van der Waals surface area contributed by atoms with Crippen molar-refractivity contribution in [3.05, 3.63) is 75.5 Å². The molecular formula is C17H7F4N3O2S. The predicted molar refractivity (Wildman–Crippen MR) is 89.4 cm³/mol. The maximum Gasteiger partial charge on any atom is 0.311 e. The molecule has 0 saturated carbocycles. The van der Waals surface area contributed by atoms with Crippen molar-refractivity contribution in [1.82, 2.24) is 14.5 Å². The van der Waals surface area contributed by atoms with Crippen molar-refractivity contribution >= 4 is 21.7 Å². The zero-order valence-corrected chi connectivity index (χ0v) is 13.9. The zero-order chi connectivity index (χ0) is 19.1. The lowest BCUT2D eigenvalue weighted by Gasteiger charge is -2.13. The van der Waals surface area contributed by atoms with E-state index in [1.54, 1.807) is 0 Å². The summed E-state index contributed by atoms with van der Waals surface area (Å²) in [6, 6.07) is 5.26. The molecule has 4 rings (SSSR count). The van der Waals surface area contributed by atoms with Crippen molar-refractivity contribution in [3.8, 4) is 17.4 Å². The van der Waals surface area contributed by atoms with E-state index in [0.29, 0.717) is 12.1 Å². The van der Waals surface area contributed by atoms with E-state index in [2.05, 4.69) is 9.97 Å². The van der Waals surface area contributed by atoms with E-state index in [4.69, 9.17) is 4.74 Å². The van der Waals surface area contributed by atoms with Crippen LogP contribution in [-0.2, 0) is 0 Å². The number of ether oxygens (including phenoxy) is 1. The summed E-state index contributed by atoms with van der Waals surface area (Å²) in [6.07, 6.45) is 0. The van der Waals surface area contributed by atoms with Gasteiger partial charge in [-0.15, -0.1) is 11.3 Å². The molecule has 0 radical (unpaired) electrons. The van der Waals surface area contributed by atoms with Gasteiger partial charge in [0.25, 0.3) is 5.56 Å². The first-order chi connectivity index (χ1) is 12.9. The molecule has 10 heteroatoms. The minimum Gasteiger partial charge on any atom is -0.422 e. The normalized spacial score (nSPS) is 11.1. The van der Waals surface area contributed by atoms with Crippen LogP contribution in [0.25, 0.3) is 16.0 Å². The third-order valence-corrected chi connectivity index (χ3v) is 4.31. The van der Waals surface area contributed by atoms with Crippen LogP contribution in [0.1, 0.15) is 0 Å². The summed E-state index contributed by atoms with van der Waals surface area (Å²) in [5.41, 5.74) is 0.874. The smallest absolute Gasteiger partial charge is 0.311 e. The molecule has 0 bridgehead atoms. The van der Waals surface area contributed by atoms with Gasteiger partial charge in [0, 0.05) is 12.1 Å². The Morgan fingerprint density at radius 2 is 1.74 bits per heavy atom. The number of fused-ring (bicyclic) bond motifs is 1. The van der Waals surface area contributed by atoms with Gasteiger partial charge in [-0.2, -0.15) is 9.37 Å². The molecule has 136 valence electrons. The third-order valence-electron chi connectivity index (χ3n) is 3.59. The first-order valence-corrected chi connectivity index (χ1v) is 8.26. The molecule has 5 nitrogen and oxygen atoms in total. The van der Waals surface area contributed by atoms with Crippen LogP contribution in [0.4, 0.5) is 17.6 Å². The molecule has 0 unspecified atom stereocenters. The summed E-state index contributed by atoms with van der Waals surface area (Å²) in [6.45, 7) is 0. The Morgan fingerprint density at radius 3 is 2.48 bits per heavy atom. The molecule has 0 spiro atoms. The Bertz CT molecular complexity index is 1220. The lowest BCUT2D eigenvalue weighted by molar-refractivity contribution is 0.379. The molecule has 0 aliphatic rings. The van der Waals surface area contributed by atoms with Gasteiger partial charge in [-0.3, -0.25) is 4.79 Å². The predicted octanol–water partition coefficient (Wildman–Crippen LogP) is 4.19. The fraction of sp³-hybridized carbons (Fsp3) is 0. The molecule has 2 heterocycles. The molecule has 4 aromatic rings. The molecular weight excluding hydrogens is 386 g/mol. The quantitative estimate of drug-likeness (QED) is 0.387. The summed E-state index contributed by atoms with van der Waals surface area (Å²) < 4.78 is 60.2. The number of benzene rings is 2. The highest BCUT2D eigenvalue weighted by Gasteiger charge is 2.20. The second-order valence-electron chi connectivity index (χ2n) is 5.32. The lowest BCUT2D eigenvalue weighted by atomic mass is 10.3. The zero-order valence-electron chi connectivity index (χ0n) is 13.1. The molecule has 27 heavy (non-hydrogen) atoms. The molecule has 0 saturated heterocycles. The topological polar surface area (TPSA) is 57.0 Å². The maximum absolute atomic E-state index is 14.0. The Morgan fingerprint density at radius 1 is 1.00 bits per heavy atom. The van der Waals surface area contributed by atoms with E-state index in [1.165, 1.54) is 17.6 Å². The van der Waals surface area contributed by atoms with Gasteiger partial charge in [0.05, 0.1) is 11.2 Å². The SMILES string of the molecule is O=c1c2ncsc2nc(Oc2cc(F)cc(F)c2F)n1-c1ccc(F)cc1. The summed E-state index contributed by atoms with van der Waals surface area (Å²) in [5, 5.41) is 0. The number of nitrogens with zero attached hydrogens (tertiary/aromatic N) is 3. The number of halogens is 4. The third kappa shape index (κ3) is 3.04. The van der Waals surface area contributed by atoms with E-state index in [9.17, 15) is 22.4 Å². The largest absolute Gasteiger partial charge is 0.422 e. The second kappa shape index (κ2) is 6.47. The number of rotatable bonds is 3. The average molecular weight is 393 g/mol. The van der Waals surface area contributed by atoms with Crippen LogP contribution in [0.15, 0.2) is 46.7 Å². The lowest BCUT2D eigenvalue weighted by Crippen LogP contribution is -2.21. The fourth-order valence-electron chi connectivity index (χ4n) is 2.39. The standard InChI is InChI=1S/C17H7F4N3O2S/c18-8-1-3-10(4-2-8)24-16(25)14-15(27-7-22-14)23-17(24)26-12-6-9(19)5-11(20)13(12)21/h1-7H. The van der Waals surface area contributed by atoms with Crippen LogP contribution < -0.4 is 10.3 Å². The summed E-state index contributed by atoms with van der Waals surface area (Å²) >= 11 is 1.03.